The van der Waals surface area contributed by atoms with E-state index in [1.165, 1.54) is 38.7 Å². The van der Waals surface area contributed by atoms with E-state index in [0.29, 0.717) is 5.92 Å². The lowest BCUT2D eigenvalue weighted by atomic mass is 9.95. The molecular formula is C24H27N3. The molecule has 0 saturated heterocycles. The molecule has 0 saturated carbocycles. The van der Waals surface area contributed by atoms with Gasteiger partial charge in [-0.3, -0.25) is 4.98 Å². The number of pyridine rings is 1. The number of nitrogens with two attached hydrogens (primary N) is 1. The summed E-state index contributed by atoms with van der Waals surface area (Å²) in [6.45, 7) is 5.25. The summed E-state index contributed by atoms with van der Waals surface area (Å²) in [7, 11) is 0. The van der Waals surface area contributed by atoms with Gasteiger partial charge >= 0.3 is 0 Å². The van der Waals surface area contributed by atoms with E-state index in [1.807, 2.05) is 12.3 Å². The molecule has 0 radical (unpaired) electrons. The minimum atomic E-state index is 0.478. The van der Waals surface area contributed by atoms with E-state index in [4.69, 9.17) is 5.73 Å². The number of hydrogen-bond donors (Lipinski definition) is 2. The lowest BCUT2D eigenvalue weighted by Gasteiger charge is -2.08. The van der Waals surface area contributed by atoms with Gasteiger partial charge in [0.15, 0.2) is 0 Å². The molecule has 3 nitrogen and oxygen atoms in total. The Morgan fingerprint density at radius 1 is 0.963 bits per heavy atom. The van der Waals surface area contributed by atoms with Crippen molar-refractivity contribution in [2.24, 2.45) is 5.73 Å². The number of nitrogens with zero attached hydrogens (tertiary/aromatic N) is 1. The van der Waals surface area contributed by atoms with Crippen LogP contribution in [0.25, 0.3) is 33.1 Å². The first-order valence-corrected chi connectivity index (χ1v) is 9.88. The summed E-state index contributed by atoms with van der Waals surface area (Å²) in [4.78, 5) is 8.33. The molecule has 3 heteroatoms. The van der Waals surface area contributed by atoms with E-state index >= 15 is 0 Å². The summed E-state index contributed by atoms with van der Waals surface area (Å²) in [6, 6.07) is 17.2. The zero-order valence-electron chi connectivity index (χ0n) is 16.1. The number of aryl methyl sites for hydroxylation is 1. The predicted molar refractivity (Wildman–Crippen MR) is 115 cm³/mol. The second-order valence-corrected chi connectivity index (χ2v) is 7.52. The summed E-state index contributed by atoms with van der Waals surface area (Å²) >= 11 is 0. The van der Waals surface area contributed by atoms with Crippen molar-refractivity contribution in [3.8, 4) is 11.3 Å². The first kappa shape index (κ1) is 17.7. The van der Waals surface area contributed by atoms with E-state index in [1.54, 1.807) is 0 Å². The van der Waals surface area contributed by atoms with Crippen LogP contribution in [0.5, 0.6) is 0 Å². The Hall–Kier alpha value is -2.65. The molecule has 0 aliphatic carbocycles. The number of para-hydroxylation sites is 1. The van der Waals surface area contributed by atoms with Gasteiger partial charge in [0.05, 0.1) is 11.2 Å². The fourth-order valence-electron chi connectivity index (χ4n) is 4.03. The average molecular weight is 358 g/mol. The SMILES string of the molecule is CC(C)c1cccc2c(CCCCN)c(-c3cccc4ncccc34)[nH]c12. The Bertz CT molecular complexity index is 1070. The quantitative estimate of drug-likeness (QED) is 0.429. The van der Waals surface area contributed by atoms with Crippen LogP contribution in [-0.2, 0) is 6.42 Å². The van der Waals surface area contributed by atoms with Gasteiger partial charge in [0, 0.05) is 28.0 Å². The van der Waals surface area contributed by atoms with E-state index in [0.717, 1.165) is 31.3 Å². The molecule has 2 aromatic heterocycles. The molecule has 0 spiro atoms. The van der Waals surface area contributed by atoms with Crippen LogP contribution >= 0.6 is 0 Å². The number of H-pyrrole nitrogens is 1. The molecule has 2 aromatic carbocycles. The second kappa shape index (κ2) is 7.53. The van der Waals surface area contributed by atoms with Gasteiger partial charge in [0.25, 0.3) is 0 Å². The number of unbranched alkanes of at least 4 members (excludes halogenated alkanes) is 1. The number of aromatic nitrogens is 2. The fraction of sp³-hybridized carbons (Fsp3) is 0.292. The Kier molecular flexibility index (Phi) is 4.95. The van der Waals surface area contributed by atoms with Crippen LogP contribution in [-0.4, -0.2) is 16.5 Å². The molecule has 4 rings (SSSR count). The minimum absolute atomic E-state index is 0.478. The van der Waals surface area contributed by atoms with Crippen LogP contribution in [0.3, 0.4) is 0 Å². The predicted octanol–water partition coefficient (Wildman–Crippen LogP) is 5.79. The molecule has 0 bridgehead atoms. The van der Waals surface area contributed by atoms with Crippen molar-refractivity contribution >= 4 is 21.8 Å². The molecule has 3 N–H and O–H groups in total. The van der Waals surface area contributed by atoms with E-state index in [-0.39, 0.29) is 0 Å². The van der Waals surface area contributed by atoms with Crippen molar-refractivity contribution in [2.45, 2.75) is 39.0 Å². The topological polar surface area (TPSA) is 54.7 Å². The lowest BCUT2D eigenvalue weighted by Crippen LogP contribution is -1.99. The first-order valence-electron chi connectivity index (χ1n) is 9.88. The molecule has 0 fully saturated rings. The number of aromatic amines is 1. The molecule has 4 aromatic rings. The lowest BCUT2D eigenvalue weighted by molar-refractivity contribution is 0.748. The standard InChI is InChI=1S/C24H27N3/c1-16(2)17-9-5-10-21-20(8-3-4-14-25)24(27-23(17)21)19-11-6-13-22-18(19)12-7-15-26-22/h5-7,9-13,15-16,27H,3-4,8,14,25H2,1-2H3. The molecule has 0 aliphatic heterocycles. The first-order chi connectivity index (χ1) is 13.2. The highest BCUT2D eigenvalue weighted by atomic mass is 14.7. The van der Waals surface area contributed by atoms with Gasteiger partial charge in [0.1, 0.15) is 0 Å². The third-order valence-electron chi connectivity index (χ3n) is 5.39. The van der Waals surface area contributed by atoms with Crippen molar-refractivity contribution < 1.29 is 0 Å². The smallest absolute Gasteiger partial charge is 0.0708 e. The Labute approximate surface area is 160 Å². The third kappa shape index (κ3) is 3.24. The molecule has 27 heavy (non-hydrogen) atoms. The van der Waals surface area contributed by atoms with Gasteiger partial charge in [-0.1, -0.05) is 50.2 Å². The molecule has 0 atom stereocenters. The molecule has 0 amide bonds. The summed E-state index contributed by atoms with van der Waals surface area (Å²) < 4.78 is 0. The van der Waals surface area contributed by atoms with Crippen LogP contribution in [0.15, 0.2) is 54.7 Å². The second-order valence-electron chi connectivity index (χ2n) is 7.52. The van der Waals surface area contributed by atoms with Crippen LogP contribution in [0, 0.1) is 0 Å². The van der Waals surface area contributed by atoms with Crippen molar-refractivity contribution in [2.75, 3.05) is 6.54 Å². The van der Waals surface area contributed by atoms with Crippen molar-refractivity contribution in [1.29, 1.82) is 0 Å². The van der Waals surface area contributed by atoms with Crippen molar-refractivity contribution in [3.05, 3.63) is 65.9 Å². The van der Waals surface area contributed by atoms with Crippen molar-refractivity contribution in [1.82, 2.24) is 9.97 Å². The van der Waals surface area contributed by atoms with Crippen LogP contribution < -0.4 is 5.73 Å². The number of fused-ring (bicyclic) bond motifs is 2. The van der Waals surface area contributed by atoms with Gasteiger partial charge in [-0.25, -0.2) is 0 Å². The Morgan fingerprint density at radius 2 is 1.78 bits per heavy atom. The van der Waals surface area contributed by atoms with Crippen molar-refractivity contribution in [3.63, 3.8) is 0 Å². The van der Waals surface area contributed by atoms with E-state index in [9.17, 15) is 0 Å². The van der Waals surface area contributed by atoms with Crippen LogP contribution in [0.1, 0.15) is 43.7 Å². The number of rotatable bonds is 6. The summed E-state index contributed by atoms with van der Waals surface area (Å²) in [5, 5.41) is 2.53. The van der Waals surface area contributed by atoms with Crippen LogP contribution in [0.4, 0.5) is 0 Å². The largest absolute Gasteiger partial charge is 0.354 e. The van der Waals surface area contributed by atoms with Gasteiger partial charge in [-0.2, -0.15) is 0 Å². The molecule has 2 heterocycles. The maximum absolute atomic E-state index is 5.75. The highest BCUT2D eigenvalue weighted by molar-refractivity contribution is 6.00. The van der Waals surface area contributed by atoms with Gasteiger partial charge in [-0.15, -0.1) is 0 Å². The minimum Gasteiger partial charge on any atom is -0.354 e. The fourth-order valence-corrected chi connectivity index (χ4v) is 4.03. The van der Waals surface area contributed by atoms with E-state index in [2.05, 4.69) is 66.3 Å². The van der Waals surface area contributed by atoms with Crippen LogP contribution in [0.2, 0.25) is 0 Å². The van der Waals surface area contributed by atoms with E-state index < -0.39 is 0 Å². The molecule has 138 valence electrons. The maximum Gasteiger partial charge on any atom is 0.0708 e. The normalized spacial score (nSPS) is 11.7. The molecular weight excluding hydrogens is 330 g/mol. The summed E-state index contributed by atoms with van der Waals surface area (Å²) in [6.07, 6.45) is 5.04. The highest BCUT2D eigenvalue weighted by Crippen LogP contribution is 2.37. The number of hydrogen-bond acceptors (Lipinski definition) is 2. The summed E-state index contributed by atoms with van der Waals surface area (Å²) in [5.41, 5.74) is 13.3. The molecule has 0 unspecified atom stereocenters. The van der Waals surface area contributed by atoms with Gasteiger partial charge < -0.3 is 10.7 Å². The number of nitrogens with one attached hydrogen (secondary N) is 1. The maximum atomic E-state index is 5.75. The average Bonchev–Trinajstić information content (AvgIpc) is 3.06. The van der Waals surface area contributed by atoms with Gasteiger partial charge in [-0.05, 0) is 55.0 Å². The molecule has 0 aliphatic rings. The number of benzene rings is 2. The monoisotopic (exact) mass is 357 g/mol. The third-order valence-corrected chi connectivity index (χ3v) is 5.39. The Morgan fingerprint density at radius 3 is 2.59 bits per heavy atom. The highest BCUT2D eigenvalue weighted by Gasteiger charge is 2.17. The zero-order valence-corrected chi connectivity index (χ0v) is 16.1. The van der Waals surface area contributed by atoms with Gasteiger partial charge in [0.2, 0.25) is 0 Å². The summed E-state index contributed by atoms with van der Waals surface area (Å²) in [5.74, 6) is 0.478. The zero-order chi connectivity index (χ0) is 18.8. The Balaban J connectivity index is 1.98.